The van der Waals surface area contributed by atoms with E-state index in [9.17, 15) is 13.2 Å². The van der Waals surface area contributed by atoms with Crippen LogP contribution in [0.4, 0.5) is 13.2 Å². The van der Waals surface area contributed by atoms with Crippen molar-refractivity contribution in [3.05, 3.63) is 23.8 Å². The molecule has 2 rings (SSSR count). The fraction of sp³-hybridized carbons (Fsp3) is 0.632. The van der Waals surface area contributed by atoms with Crippen LogP contribution in [0.25, 0.3) is 0 Å². The number of guanidine groups is 1. The number of ether oxygens (including phenoxy) is 2. The van der Waals surface area contributed by atoms with Crippen LogP contribution in [0.1, 0.15) is 19.4 Å². The van der Waals surface area contributed by atoms with Gasteiger partial charge in [-0.1, -0.05) is 6.07 Å². The Balaban J connectivity index is 1.93. The maximum Gasteiger partial charge on any atom is 0.403 e. The summed E-state index contributed by atoms with van der Waals surface area (Å²) in [6.45, 7) is 5.86. The Morgan fingerprint density at radius 2 is 1.89 bits per heavy atom. The molecule has 0 spiro atoms. The van der Waals surface area contributed by atoms with E-state index in [-0.39, 0.29) is 0 Å². The third kappa shape index (κ3) is 5.67. The van der Waals surface area contributed by atoms with Crippen molar-refractivity contribution in [1.29, 1.82) is 0 Å². The maximum atomic E-state index is 12.9. The molecule has 1 N–H and O–H groups in total. The van der Waals surface area contributed by atoms with Gasteiger partial charge in [-0.15, -0.1) is 0 Å². The molecule has 1 fully saturated rings. The highest BCUT2D eigenvalue weighted by Gasteiger charge is 2.41. The molecule has 0 aliphatic carbocycles. The topological polar surface area (TPSA) is 49.3 Å². The molecule has 0 radical (unpaired) electrons. The number of alkyl halides is 3. The average Bonchev–Trinajstić information content (AvgIpc) is 2.68. The summed E-state index contributed by atoms with van der Waals surface area (Å²) in [5.74, 6) is 2.02. The molecule has 1 atom stereocenters. The van der Waals surface area contributed by atoms with Crippen LogP contribution in [0.3, 0.4) is 0 Å². The quantitative estimate of drug-likeness (QED) is 0.586. The van der Waals surface area contributed by atoms with Crippen LogP contribution in [-0.2, 0) is 6.54 Å². The first-order valence-electron chi connectivity index (χ1n) is 9.36. The zero-order chi connectivity index (χ0) is 20.7. The fourth-order valence-corrected chi connectivity index (χ4v) is 3.14. The normalized spacial score (nSPS) is 17.4. The van der Waals surface area contributed by atoms with Crippen molar-refractivity contribution in [2.24, 2.45) is 4.99 Å². The average molecular weight is 402 g/mol. The third-order valence-corrected chi connectivity index (χ3v) is 4.83. The van der Waals surface area contributed by atoms with Gasteiger partial charge in [0.25, 0.3) is 0 Å². The molecule has 1 unspecified atom stereocenters. The number of methoxy groups -OCH3 is 1. The molecule has 0 aromatic heterocycles. The van der Waals surface area contributed by atoms with Crippen LogP contribution in [0.2, 0.25) is 0 Å². The van der Waals surface area contributed by atoms with E-state index in [0.717, 1.165) is 5.56 Å². The largest absolute Gasteiger partial charge is 0.493 e. The van der Waals surface area contributed by atoms with Crippen molar-refractivity contribution in [1.82, 2.24) is 15.1 Å². The Bertz CT molecular complexity index is 659. The number of nitrogens with one attached hydrogen (secondary N) is 1. The molecule has 1 aromatic carbocycles. The number of rotatable bonds is 6. The lowest BCUT2D eigenvalue weighted by Gasteiger charge is -2.39. The summed E-state index contributed by atoms with van der Waals surface area (Å²) in [6, 6.07) is 4.26. The van der Waals surface area contributed by atoms with Crippen molar-refractivity contribution in [2.45, 2.75) is 32.6 Å². The molecule has 0 saturated carbocycles. The van der Waals surface area contributed by atoms with E-state index in [1.807, 2.05) is 30.0 Å². The predicted molar refractivity (Wildman–Crippen MR) is 103 cm³/mol. The van der Waals surface area contributed by atoms with Crippen LogP contribution < -0.4 is 14.8 Å². The second kappa shape index (κ2) is 9.86. The zero-order valence-corrected chi connectivity index (χ0v) is 16.8. The van der Waals surface area contributed by atoms with E-state index in [1.165, 1.54) is 11.8 Å². The summed E-state index contributed by atoms with van der Waals surface area (Å²) < 4.78 is 49.6. The molecule has 6 nitrogen and oxygen atoms in total. The van der Waals surface area contributed by atoms with Crippen LogP contribution >= 0.6 is 0 Å². The lowest BCUT2D eigenvalue weighted by molar-refractivity contribution is -0.181. The van der Waals surface area contributed by atoms with Gasteiger partial charge in [-0.2, -0.15) is 13.2 Å². The Morgan fingerprint density at radius 1 is 1.21 bits per heavy atom. The Hall–Kier alpha value is -2.16. The van der Waals surface area contributed by atoms with E-state index in [0.29, 0.717) is 56.8 Å². The van der Waals surface area contributed by atoms with E-state index in [4.69, 9.17) is 9.47 Å². The number of aliphatic imine (C=N–C) groups is 1. The molecular formula is C19H29F3N4O2. The molecule has 0 bridgehead atoms. The third-order valence-electron chi connectivity index (χ3n) is 4.83. The van der Waals surface area contributed by atoms with Gasteiger partial charge < -0.3 is 19.7 Å². The first kappa shape index (κ1) is 22.1. The van der Waals surface area contributed by atoms with E-state index in [1.54, 1.807) is 14.2 Å². The van der Waals surface area contributed by atoms with Crippen LogP contribution in [0.5, 0.6) is 11.5 Å². The van der Waals surface area contributed by atoms with Gasteiger partial charge in [0.05, 0.1) is 13.7 Å². The highest BCUT2D eigenvalue weighted by atomic mass is 19.4. The maximum absolute atomic E-state index is 12.9. The van der Waals surface area contributed by atoms with Crippen molar-refractivity contribution >= 4 is 5.96 Å². The smallest absolute Gasteiger partial charge is 0.403 e. The second-order valence-corrected chi connectivity index (χ2v) is 6.56. The first-order chi connectivity index (χ1) is 13.3. The van der Waals surface area contributed by atoms with Gasteiger partial charge in [0.1, 0.15) is 6.04 Å². The predicted octanol–water partition coefficient (Wildman–Crippen LogP) is 2.74. The van der Waals surface area contributed by atoms with Gasteiger partial charge in [0, 0.05) is 39.8 Å². The monoisotopic (exact) mass is 402 g/mol. The van der Waals surface area contributed by atoms with Gasteiger partial charge in [0.15, 0.2) is 17.5 Å². The van der Waals surface area contributed by atoms with Crippen molar-refractivity contribution in [3.63, 3.8) is 0 Å². The molecule has 1 aliphatic heterocycles. The molecule has 1 aromatic rings. The Morgan fingerprint density at radius 3 is 2.43 bits per heavy atom. The summed E-state index contributed by atoms with van der Waals surface area (Å²) in [5.41, 5.74) is 0.995. The molecule has 28 heavy (non-hydrogen) atoms. The van der Waals surface area contributed by atoms with Crippen LogP contribution in [0, 0.1) is 0 Å². The van der Waals surface area contributed by atoms with E-state index < -0.39 is 12.2 Å². The summed E-state index contributed by atoms with van der Waals surface area (Å²) in [7, 11) is 3.27. The summed E-state index contributed by atoms with van der Waals surface area (Å²) in [6.07, 6.45) is -4.20. The summed E-state index contributed by atoms with van der Waals surface area (Å²) in [5, 5.41) is 3.28. The Labute approximate surface area is 164 Å². The van der Waals surface area contributed by atoms with Gasteiger partial charge in [-0.05, 0) is 31.5 Å². The molecular weight excluding hydrogens is 373 g/mol. The van der Waals surface area contributed by atoms with Gasteiger partial charge in [-0.25, -0.2) is 0 Å². The molecule has 1 heterocycles. The minimum Gasteiger partial charge on any atom is -0.493 e. The molecule has 0 amide bonds. The van der Waals surface area contributed by atoms with Gasteiger partial charge in [-0.3, -0.25) is 9.89 Å². The van der Waals surface area contributed by atoms with Crippen molar-refractivity contribution in [3.8, 4) is 11.5 Å². The highest BCUT2D eigenvalue weighted by Crippen LogP contribution is 2.28. The van der Waals surface area contributed by atoms with Crippen molar-refractivity contribution < 1.29 is 22.6 Å². The zero-order valence-electron chi connectivity index (χ0n) is 16.8. The molecule has 1 saturated heterocycles. The minimum atomic E-state index is -4.20. The number of piperazine rings is 1. The van der Waals surface area contributed by atoms with Gasteiger partial charge >= 0.3 is 6.18 Å². The van der Waals surface area contributed by atoms with E-state index >= 15 is 0 Å². The number of halogens is 3. The Kier molecular flexibility index (Phi) is 7.79. The summed E-state index contributed by atoms with van der Waals surface area (Å²) in [4.78, 5) is 7.71. The lowest BCUT2D eigenvalue weighted by Crippen LogP contribution is -2.56. The number of nitrogens with zero attached hydrogens (tertiary/aromatic N) is 3. The lowest BCUT2D eigenvalue weighted by atomic mass is 10.2. The van der Waals surface area contributed by atoms with E-state index in [2.05, 4.69) is 10.3 Å². The first-order valence-corrected chi connectivity index (χ1v) is 9.36. The number of hydrogen-bond donors (Lipinski definition) is 1. The van der Waals surface area contributed by atoms with Crippen LogP contribution in [0.15, 0.2) is 23.2 Å². The van der Waals surface area contributed by atoms with Crippen LogP contribution in [-0.4, -0.2) is 74.9 Å². The highest BCUT2D eigenvalue weighted by molar-refractivity contribution is 5.80. The molecule has 158 valence electrons. The fourth-order valence-electron chi connectivity index (χ4n) is 3.14. The SMILES string of the molecule is CCOc1cc(CNC(=NC)N2CCN(C(C)C(F)(F)F)CC2)ccc1OC. The number of hydrogen-bond acceptors (Lipinski definition) is 4. The standard InChI is InChI=1S/C19H29F3N4O2/c1-5-28-17-12-15(6-7-16(17)27-4)13-24-18(23-3)26-10-8-25(9-11-26)14(2)19(20,21)22/h6-7,12,14H,5,8-11,13H2,1-4H3,(H,23,24). The number of benzene rings is 1. The minimum absolute atomic E-state index is 0.346. The molecule has 9 heteroatoms. The molecule has 1 aliphatic rings. The van der Waals surface area contributed by atoms with Crippen molar-refractivity contribution in [2.75, 3.05) is 46.9 Å². The summed E-state index contributed by atoms with van der Waals surface area (Å²) >= 11 is 0. The second-order valence-electron chi connectivity index (χ2n) is 6.56. The van der Waals surface area contributed by atoms with Gasteiger partial charge in [0.2, 0.25) is 0 Å².